The van der Waals surface area contributed by atoms with E-state index in [1.807, 2.05) is 18.3 Å². The van der Waals surface area contributed by atoms with E-state index in [0.29, 0.717) is 6.54 Å². The maximum Gasteiger partial charge on any atom is 0.0346 e. The van der Waals surface area contributed by atoms with Crippen LogP contribution in [0, 0.1) is 0 Å². The summed E-state index contributed by atoms with van der Waals surface area (Å²) in [6, 6.07) is 10.2. The molecule has 0 aliphatic carbocycles. The third kappa shape index (κ3) is 2.43. The minimum atomic E-state index is 0.523. The maximum absolute atomic E-state index is 5.58. The van der Waals surface area contributed by atoms with Crippen LogP contribution in [0.15, 0.2) is 47.2 Å². The van der Waals surface area contributed by atoms with Gasteiger partial charge in [-0.1, -0.05) is 28.1 Å². The standard InChI is InChI=1S/C12H11BrN2/c13-12-3-1-2-10(5-12)11-4-9(6-14)7-15-8-11/h1-5,7-8H,6,14H2. The fraction of sp³-hybridized carbons (Fsp3) is 0.0833. The number of nitrogens with zero attached hydrogens (tertiary/aromatic N) is 1. The smallest absolute Gasteiger partial charge is 0.0346 e. The van der Waals surface area contributed by atoms with Gasteiger partial charge in [-0.2, -0.15) is 0 Å². The number of halogens is 1. The molecule has 0 bridgehead atoms. The van der Waals surface area contributed by atoms with Crippen molar-refractivity contribution in [3.63, 3.8) is 0 Å². The first-order chi connectivity index (χ1) is 7.29. The van der Waals surface area contributed by atoms with Gasteiger partial charge in [0.15, 0.2) is 0 Å². The van der Waals surface area contributed by atoms with Crippen molar-refractivity contribution in [1.82, 2.24) is 4.98 Å². The lowest BCUT2D eigenvalue weighted by Crippen LogP contribution is -1.96. The second-order valence-corrected chi connectivity index (χ2v) is 4.21. The lowest BCUT2D eigenvalue weighted by Gasteiger charge is -2.03. The summed E-state index contributed by atoms with van der Waals surface area (Å²) in [6.45, 7) is 0.523. The average molecular weight is 263 g/mol. The lowest BCUT2D eigenvalue weighted by molar-refractivity contribution is 1.05. The Morgan fingerprint density at radius 2 is 2.00 bits per heavy atom. The summed E-state index contributed by atoms with van der Waals surface area (Å²) >= 11 is 3.45. The van der Waals surface area contributed by atoms with Crippen LogP contribution >= 0.6 is 15.9 Å². The van der Waals surface area contributed by atoms with E-state index in [1.165, 1.54) is 0 Å². The first-order valence-corrected chi connectivity index (χ1v) is 5.49. The van der Waals surface area contributed by atoms with Crippen molar-refractivity contribution in [3.05, 3.63) is 52.8 Å². The molecule has 0 aliphatic heterocycles. The largest absolute Gasteiger partial charge is 0.326 e. The third-order valence-corrected chi connectivity index (χ3v) is 2.68. The molecule has 1 heterocycles. The Morgan fingerprint density at radius 3 is 2.73 bits per heavy atom. The van der Waals surface area contributed by atoms with E-state index < -0.39 is 0 Å². The third-order valence-electron chi connectivity index (χ3n) is 2.19. The number of aromatic nitrogens is 1. The van der Waals surface area contributed by atoms with Gasteiger partial charge in [-0.25, -0.2) is 0 Å². The summed E-state index contributed by atoms with van der Waals surface area (Å²) in [5.74, 6) is 0. The van der Waals surface area contributed by atoms with Gasteiger partial charge >= 0.3 is 0 Å². The average Bonchev–Trinajstić information content (AvgIpc) is 2.29. The second-order valence-electron chi connectivity index (χ2n) is 3.30. The summed E-state index contributed by atoms with van der Waals surface area (Å²) in [5.41, 5.74) is 8.87. The number of benzene rings is 1. The van der Waals surface area contributed by atoms with Gasteiger partial charge in [-0.15, -0.1) is 0 Å². The highest BCUT2D eigenvalue weighted by Crippen LogP contribution is 2.22. The Bertz CT molecular complexity index is 469. The van der Waals surface area contributed by atoms with Crippen molar-refractivity contribution >= 4 is 15.9 Å². The Balaban J connectivity index is 2.44. The molecular formula is C12H11BrN2. The molecule has 0 spiro atoms. The Morgan fingerprint density at radius 1 is 1.13 bits per heavy atom. The first kappa shape index (κ1) is 10.3. The zero-order valence-corrected chi connectivity index (χ0v) is 9.74. The molecule has 2 aromatic rings. The van der Waals surface area contributed by atoms with Gasteiger partial charge in [-0.3, -0.25) is 4.98 Å². The highest BCUT2D eigenvalue weighted by atomic mass is 79.9. The molecule has 0 fully saturated rings. The topological polar surface area (TPSA) is 38.9 Å². The molecule has 15 heavy (non-hydrogen) atoms. The maximum atomic E-state index is 5.58. The van der Waals surface area contributed by atoms with E-state index in [4.69, 9.17) is 5.73 Å². The zero-order chi connectivity index (χ0) is 10.7. The number of hydrogen-bond acceptors (Lipinski definition) is 2. The summed E-state index contributed by atoms with van der Waals surface area (Å²) in [7, 11) is 0. The molecular weight excluding hydrogens is 252 g/mol. The predicted molar refractivity (Wildman–Crippen MR) is 65.3 cm³/mol. The first-order valence-electron chi connectivity index (χ1n) is 4.69. The van der Waals surface area contributed by atoms with E-state index in [9.17, 15) is 0 Å². The van der Waals surface area contributed by atoms with Gasteiger partial charge in [0.1, 0.15) is 0 Å². The fourth-order valence-electron chi connectivity index (χ4n) is 1.43. The highest BCUT2D eigenvalue weighted by molar-refractivity contribution is 9.10. The molecule has 76 valence electrons. The van der Waals surface area contributed by atoms with E-state index in [2.05, 4.69) is 39.1 Å². The molecule has 2 N–H and O–H groups in total. The molecule has 0 saturated heterocycles. The van der Waals surface area contributed by atoms with Crippen molar-refractivity contribution in [2.24, 2.45) is 5.73 Å². The molecule has 1 aromatic carbocycles. The van der Waals surface area contributed by atoms with E-state index >= 15 is 0 Å². The molecule has 0 amide bonds. The van der Waals surface area contributed by atoms with Crippen molar-refractivity contribution in [1.29, 1.82) is 0 Å². The molecule has 0 unspecified atom stereocenters. The van der Waals surface area contributed by atoms with Gasteiger partial charge in [0.2, 0.25) is 0 Å². The van der Waals surface area contributed by atoms with Crippen LogP contribution in [0.2, 0.25) is 0 Å². The number of hydrogen-bond donors (Lipinski definition) is 1. The van der Waals surface area contributed by atoms with Crippen LogP contribution in [0.1, 0.15) is 5.56 Å². The Labute approximate surface area is 97.3 Å². The molecule has 2 nitrogen and oxygen atoms in total. The van der Waals surface area contributed by atoms with Crippen molar-refractivity contribution in [3.8, 4) is 11.1 Å². The van der Waals surface area contributed by atoms with Gasteiger partial charge in [0.25, 0.3) is 0 Å². The van der Waals surface area contributed by atoms with Crippen LogP contribution in [0.3, 0.4) is 0 Å². The lowest BCUT2D eigenvalue weighted by atomic mass is 10.1. The van der Waals surface area contributed by atoms with Crippen molar-refractivity contribution in [2.75, 3.05) is 0 Å². The van der Waals surface area contributed by atoms with Crippen LogP contribution in [-0.4, -0.2) is 4.98 Å². The second kappa shape index (κ2) is 4.55. The number of nitrogens with two attached hydrogens (primary N) is 1. The summed E-state index contributed by atoms with van der Waals surface area (Å²) in [5, 5.41) is 0. The Hall–Kier alpha value is -1.19. The molecule has 3 heteroatoms. The molecule has 0 radical (unpaired) electrons. The summed E-state index contributed by atoms with van der Waals surface area (Å²) < 4.78 is 1.07. The van der Waals surface area contributed by atoms with Crippen LogP contribution < -0.4 is 5.73 Å². The number of rotatable bonds is 2. The zero-order valence-electron chi connectivity index (χ0n) is 8.15. The van der Waals surface area contributed by atoms with Crippen LogP contribution in [0.25, 0.3) is 11.1 Å². The summed E-state index contributed by atoms with van der Waals surface area (Å²) in [6.07, 6.45) is 3.64. The molecule has 2 rings (SSSR count). The van der Waals surface area contributed by atoms with Gasteiger partial charge in [0.05, 0.1) is 0 Å². The van der Waals surface area contributed by atoms with E-state index in [1.54, 1.807) is 6.20 Å². The SMILES string of the molecule is NCc1cncc(-c2cccc(Br)c2)c1. The number of pyridine rings is 1. The van der Waals surface area contributed by atoms with Gasteiger partial charge < -0.3 is 5.73 Å². The van der Waals surface area contributed by atoms with Crippen LogP contribution in [0.5, 0.6) is 0 Å². The molecule has 1 aromatic heterocycles. The van der Waals surface area contributed by atoms with Crippen molar-refractivity contribution in [2.45, 2.75) is 6.54 Å². The van der Waals surface area contributed by atoms with Crippen LogP contribution in [0.4, 0.5) is 0 Å². The molecule has 0 saturated carbocycles. The van der Waals surface area contributed by atoms with Gasteiger partial charge in [0, 0.05) is 29.0 Å². The fourth-order valence-corrected chi connectivity index (χ4v) is 1.82. The molecule has 0 atom stereocenters. The normalized spacial score (nSPS) is 10.3. The monoisotopic (exact) mass is 262 g/mol. The summed E-state index contributed by atoms with van der Waals surface area (Å²) in [4.78, 5) is 4.17. The van der Waals surface area contributed by atoms with Crippen molar-refractivity contribution < 1.29 is 0 Å². The molecule has 0 aliphatic rings. The van der Waals surface area contributed by atoms with Gasteiger partial charge in [-0.05, 0) is 29.3 Å². The van der Waals surface area contributed by atoms with E-state index in [0.717, 1.165) is 21.2 Å². The highest BCUT2D eigenvalue weighted by Gasteiger charge is 1.99. The van der Waals surface area contributed by atoms with E-state index in [-0.39, 0.29) is 0 Å². The van der Waals surface area contributed by atoms with Crippen LogP contribution in [-0.2, 0) is 6.54 Å². The quantitative estimate of drug-likeness (QED) is 0.904. The minimum absolute atomic E-state index is 0.523. The Kier molecular flexibility index (Phi) is 3.14. The minimum Gasteiger partial charge on any atom is -0.326 e. The predicted octanol–water partition coefficient (Wildman–Crippen LogP) is 2.97.